The molecule has 0 unspecified atom stereocenters. The van der Waals surface area contributed by atoms with Crippen LogP contribution in [0, 0.1) is 5.82 Å². The van der Waals surface area contributed by atoms with E-state index in [0.717, 1.165) is 6.42 Å². The number of halogens is 1. The molecule has 0 amide bonds. The van der Waals surface area contributed by atoms with Crippen molar-refractivity contribution in [3.8, 4) is 0 Å². The summed E-state index contributed by atoms with van der Waals surface area (Å²) in [4.78, 5) is 3.83. The molecule has 1 rings (SSSR count). The van der Waals surface area contributed by atoms with Gasteiger partial charge in [0.25, 0.3) is 0 Å². The van der Waals surface area contributed by atoms with E-state index >= 15 is 0 Å². The minimum Gasteiger partial charge on any atom is -0.392 e. The van der Waals surface area contributed by atoms with Crippen LogP contribution in [0.5, 0.6) is 0 Å². The Morgan fingerprint density at radius 1 is 1.62 bits per heavy atom. The Bertz CT molecular complexity index is 278. The highest BCUT2D eigenvalue weighted by molar-refractivity contribution is 5.39. The van der Waals surface area contributed by atoms with Gasteiger partial charge in [0, 0.05) is 18.3 Å². The molecule has 0 spiro atoms. The molecule has 1 aromatic rings. The van der Waals surface area contributed by atoms with Gasteiger partial charge in [-0.1, -0.05) is 6.92 Å². The maximum absolute atomic E-state index is 13.3. The van der Waals surface area contributed by atoms with Crippen molar-refractivity contribution in [3.63, 3.8) is 0 Å². The molecule has 0 aliphatic rings. The standard InChI is InChI=1S/C9H13FN2O/c1-2-4-11-9-8(10)7(6-13)3-5-12-9/h3,5,13H,2,4,6H2,1H3,(H,11,12). The number of aromatic nitrogens is 1. The van der Waals surface area contributed by atoms with Crippen LogP contribution in [0.2, 0.25) is 0 Å². The van der Waals surface area contributed by atoms with Gasteiger partial charge in [-0.25, -0.2) is 9.37 Å². The van der Waals surface area contributed by atoms with Gasteiger partial charge in [-0.3, -0.25) is 0 Å². The van der Waals surface area contributed by atoms with Crippen molar-refractivity contribution in [2.24, 2.45) is 0 Å². The third kappa shape index (κ3) is 2.39. The highest BCUT2D eigenvalue weighted by Gasteiger charge is 2.06. The van der Waals surface area contributed by atoms with E-state index < -0.39 is 5.82 Å². The molecule has 0 fully saturated rings. The fraction of sp³-hybridized carbons (Fsp3) is 0.444. The van der Waals surface area contributed by atoms with E-state index in [-0.39, 0.29) is 18.0 Å². The minimum absolute atomic E-state index is 0.216. The molecule has 4 heteroatoms. The molecule has 0 aromatic carbocycles. The quantitative estimate of drug-likeness (QED) is 0.746. The zero-order valence-corrected chi connectivity index (χ0v) is 7.55. The van der Waals surface area contributed by atoms with Gasteiger partial charge in [0.05, 0.1) is 6.61 Å². The molecular formula is C9H13FN2O. The molecule has 2 N–H and O–H groups in total. The lowest BCUT2D eigenvalue weighted by Crippen LogP contribution is -2.06. The van der Waals surface area contributed by atoms with E-state index in [4.69, 9.17) is 5.11 Å². The van der Waals surface area contributed by atoms with Crippen molar-refractivity contribution in [1.82, 2.24) is 4.98 Å². The number of rotatable bonds is 4. The molecule has 3 nitrogen and oxygen atoms in total. The van der Waals surface area contributed by atoms with Crippen LogP contribution < -0.4 is 5.32 Å². The highest BCUT2D eigenvalue weighted by Crippen LogP contribution is 2.14. The molecule has 0 saturated carbocycles. The first-order valence-corrected chi connectivity index (χ1v) is 4.27. The summed E-state index contributed by atoms with van der Waals surface area (Å²) in [7, 11) is 0. The minimum atomic E-state index is -0.460. The number of hydrogen-bond acceptors (Lipinski definition) is 3. The summed E-state index contributed by atoms with van der Waals surface area (Å²) in [6, 6.07) is 1.46. The van der Waals surface area contributed by atoms with Crippen molar-refractivity contribution < 1.29 is 9.50 Å². The number of nitrogens with zero attached hydrogens (tertiary/aromatic N) is 1. The van der Waals surface area contributed by atoms with Crippen molar-refractivity contribution >= 4 is 5.82 Å². The predicted octanol–water partition coefficient (Wildman–Crippen LogP) is 1.53. The molecule has 1 aromatic heterocycles. The summed E-state index contributed by atoms with van der Waals surface area (Å²) in [6.07, 6.45) is 2.39. The molecule has 0 aliphatic carbocycles. The summed E-state index contributed by atoms with van der Waals surface area (Å²) in [5, 5.41) is 11.6. The van der Waals surface area contributed by atoms with Crippen LogP contribution in [0.4, 0.5) is 10.2 Å². The largest absolute Gasteiger partial charge is 0.392 e. The average Bonchev–Trinajstić information content (AvgIpc) is 2.16. The number of pyridine rings is 1. The smallest absolute Gasteiger partial charge is 0.170 e. The summed E-state index contributed by atoms with van der Waals surface area (Å²) in [5.41, 5.74) is 0.272. The molecule has 0 saturated heterocycles. The fourth-order valence-corrected chi connectivity index (χ4v) is 0.972. The number of nitrogens with one attached hydrogen (secondary N) is 1. The lowest BCUT2D eigenvalue weighted by atomic mass is 10.2. The van der Waals surface area contributed by atoms with Crippen LogP contribution in [0.25, 0.3) is 0 Å². The Morgan fingerprint density at radius 2 is 2.38 bits per heavy atom. The fourth-order valence-electron chi connectivity index (χ4n) is 0.972. The third-order valence-corrected chi connectivity index (χ3v) is 1.68. The van der Waals surface area contributed by atoms with Crippen molar-refractivity contribution in [3.05, 3.63) is 23.6 Å². The first kappa shape index (κ1) is 9.92. The Kier molecular flexibility index (Phi) is 3.64. The SMILES string of the molecule is CCCNc1nccc(CO)c1F. The molecule has 72 valence electrons. The number of hydrogen-bond donors (Lipinski definition) is 2. The van der Waals surface area contributed by atoms with E-state index in [2.05, 4.69) is 10.3 Å². The Morgan fingerprint density at radius 3 is 3.00 bits per heavy atom. The first-order chi connectivity index (χ1) is 6.29. The van der Waals surface area contributed by atoms with Gasteiger partial charge in [0.1, 0.15) is 0 Å². The topological polar surface area (TPSA) is 45.2 Å². The van der Waals surface area contributed by atoms with Crippen molar-refractivity contribution in [2.45, 2.75) is 20.0 Å². The van der Waals surface area contributed by atoms with Crippen LogP contribution in [-0.4, -0.2) is 16.6 Å². The van der Waals surface area contributed by atoms with E-state index in [9.17, 15) is 4.39 Å². The Labute approximate surface area is 76.6 Å². The zero-order chi connectivity index (χ0) is 9.68. The second-order valence-electron chi connectivity index (χ2n) is 2.72. The monoisotopic (exact) mass is 184 g/mol. The summed E-state index contributed by atoms with van der Waals surface area (Å²) >= 11 is 0. The van der Waals surface area contributed by atoms with Crippen LogP contribution >= 0.6 is 0 Å². The summed E-state index contributed by atoms with van der Waals surface area (Å²) in [5.74, 6) is -0.244. The maximum Gasteiger partial charge on any atom is 0.170 e. The number of aliphatic hydroxyl groups excluding tert-OH is 1. The maximum atomic E-state index is 13.3. The van der Waals surface area contributed by atoms with Crippen LogP contribution in [0.3, 0.4) is 0 Å². The summed E-state index contributed by atoms with van der Waals surface area (Å²) in [6.45, 7) is 2.37. The van der Waals surface area contributed by atoms with Gasteiger partial charge < -0.3 is 10.4 Å². The highest BCUT2D eigenvalue weighted by atomic mass is 19.1. The molecular weight excluding hydrogens is 171 g/mol. The lowest BCUT2D eigenvalue weighted by molar-refractivity contribution is 0.275. The van der Waals surface area contributed by atoms with Gasteiger partial charge in [0.15, 0.2) is 11.6 Å². The Balaban J connectivity index is 2.81. The second kappa shape index (κ2) is 4.77. The Hall–Kier alpha value is -1.16. The molecule has 0 aliphatic heterocycles. The predicted molar refractivity (Wildman–Crippen MR) is 48.9 cm³/mol. The van der Waals surface area contributed by atoms with E-state index in [1.165, 1.54) is 12.3 Å². The molecule has 0 bridgehead atoms. The average molecular weight is 184 g/mol. The van der Waals surface area contributed by atoms with Gasteiger partial charge in [-0.2, -0.15) is 0 Å². The number of anilines is 1. The normalized spacial score (nSPS) is 10.1. The van der Waals surface area contributed by atoms with Gasteiger partial charge in [-0.15, -0.1) is 0 Å². The molecule has 13 heavy (non-hydrogen) atoms. The number of aliphatic hydroxyl groups is 1. The van der Waals surface area contributed by atoms with Crippen molar-refractivity contribution in [2.75, 3.05) is 11.9 Å². The first-order valence-electron chi connectivity index (χ1n) is 4.27. The van der Waals surface area contributed by atoms with E-state index in [1.807, 2.05) is 6.92 Å². The third-order valence-electron chi connectivity index (χ3n) is 1.68. The van der Waals surface area contributed by atoms with E-state index in [0.29, 0.717) is 6.54 Å². The van der Waals surface area contributed by atoms with Crippen molar-refractivity contribution in [1.29, 1.82) is 0 Å². The molecule has 1 heterocycles. The van der Waals surface area contributed by atoms with Gasteiger partial charge in [0.2, 0.25) is 0 Å². The summed E-state index contributed by atoms with van der Waals surface area (Å²) < 4.78 is 13.3. The van der Waals surface area contributed by atoms with Crippen LogP contribution in [0.15, 0.2) is 12.3 Å². The van der Waals surface area contributed by atoms with Crippen LogP contribution in [0.1, 0.15) is 18.9 Å². The van der Waals surface area contributed by atoms with Crippen LogP contribution in [-0.2, 0) is 6.61 Å². The van der Waals surface area contributed by atoms with Gasteiger partial charge >= 0.3 is 0 Å². The second-order valence-corrected chi connectivity index (χ2v) is 2.72. The van der Waals surface area contributed by atoms with E-state index in [1.54, 1.807) is 0 Å². The zero-order valence-electron chi connectivity index (χ0n) is 7.55. The van der Waals surface area contributed by atoms with Gasteiger partial charge in [-0.05, 0) is 12.5 Å². The molecule has 0 radical (unpaired) electrons. The molecule has 0 atom stereocenters. The lowest BCUT2D eigenvalue weighted by Gasteiger charge is -2.06.